The van der Waals surface area contributed by atoms with Crippen molar-refractivity contribution in [1.29, 1.82) is 0 Å². The molecule has 0 fully saturated rings. The summed E-state index contributed by atoms with van der Waals surface area (Å²) in [6.45, 7) is 7.33. The minimum absolute atomic E-state index is 1.12. The molecule has 0 unspecified atom stereocenters. The average molecular weight is 173 g/mol. The molecule has 0 aromatic heterocycles. The fourth-order valence-corrected chi connectivity index (χ4v) is 1.32. The highest BCUT2D eigenvalue weighted by Gasteiger charge is 1.98. The van der Waals surface area contributed by atoms with E-state index in [1.165, 1.54) is 17.9 Å². The van der Waals surface area contributed by atoms with Gasteiger partial charge in [-0.05, 0) is 12.7 Å². The Morgan fingerprint density at radius 1 is 1.55 bits per heavy atom. The first-order valence-corrected chi connectivity index (χ1v) is 5.49. The Bertz CT molecular complexity index is 112. The second-order valence-electron chi connectivity index (χ2n) is 2.73. The van der Waals surface area contributed by atoms with Gasteiger partial charge >= 0.3 is 0 Å². The smallest absolute Gasteiger partial charge is 0.0262 e. The molecule has 0 aliphatic carbocycles. The number of hydrogen-bond acceptors (Lipinski definition) is 2. The minimum Gasteiger partial charge on any atom is -0.378 e. The molecule has 0 radical (unpaired) electrons. The quantitative estimate of drug-likeness (QED) is 0.607. The summed E-state index contributed by atoms with van der Waals surface area (Å²) in [7, 11) is 2.12. The normalized spacial score (nSPS) is 9.73. The fraction of sp³-hybridized carbons (Fsp3) is 0.778. The largest absolute Gasteiger partial charge is 0.378 e. The Balaban J connectivity index is 3.46. The molecule has 2 heteroatoms. The Morgan fingerprint density at radius 3 is 2.64 bits per heavy atom. The first-order valence-electron chi connectivity index (χ1n) is 4.10. The third kappa shape index (κ3) is 5.19. The van der Waals surface area contributed by atoms with Crippen molar-refractivity contribution in [3.05, 3.63) is 12.3 Å². The number of nitrogens with zero attached hydrogens (tertiary/aromatic N) is 1. The Hall–Kier alpha value is -0.110. The lowest BCUT2D eigenvalue weighted by Crippen LogP contribution is -2.19. The summed E-state index contributed by atoms with van der Waals surface area (Å²) in [6.07, 6.45) is 4.46. The summed E-state index contributed by atoms with van der Waals surface area (Å²) >= 11 is 1.88. The van der Waals surface area contributed by atoms with Gasteiger partial charge < -0.3 is 4.90 Å². The molecular formula is C9H19NS. The van der Waals surface area contributed by atoms with Crippen molar-refractivity contribution >= 4 is 11.8 Å². The van der Waals surface area contributed by atoms with Crippen LogP contribution in [0.2, 0.25) is 0 Å². The van der Waals surface area contributed by atoms with Crippen LogP contribution < -0.4 is 0 Å². The van der Waals surface area contributed by atoms with Gasteiger partial charge in [-0.3, -0.25) is 0 Å². The van der Waals surface area contributed by atoms with Gasteiger partial charge in [0.2, 0.25) is 0 Å². The first-order chi connectivity index (χ1) is 5.22. The van der Waals surface area contributed by atoms with Crippen LogP contribution in [0.3, 0.4) is 0 Å². The van der Waals surface area contributed by atoms with Crippen molar-refractivity contribution in [2.45, 2.75) is 19.8 Å². The van der Waals surface area contributed by atoms with Gasteiger partial charge in [-0.2, -0.15) is 11.8 Å². The molecule has 1 nitrogen and oxygen atoms in total. The van der Waals surface area contributed by atoms with Crippen molar-refractivity contribution in [2.75, 3.05) is 25.6 Å². The number of allylic oxidation sites excluding steroid dienone is 1. The molecule has 0 rings (SSSR count). The Labute approximate surface area is 74.9 Å². The molecule has 0 bridgehead atoms. The van der Waals surface area contributed by atoms with Crippen LogP contribution in [0.25, 0.3) is 0 Å². The lowest BCUT2D eigenvalue weighted by Gasteiger charge is -2.20. The van der Waals surface area contributed by atoms with Crippen LogP contribution in [0.5, 0.6) is 0 Å². The average Bonchev–Trinajstić information content (AvgIpc) is 2.00. The van der Waals surface area contributed by atoms with Crippen LogP contribution in [0.1, 0.15) is 19.8 Å². The van der Waals surface area contributed by atoms with E-state index in [4.69, 9.17) is 0 Å². The SMILES string of the molecule is C=C(CCC)N(C)CCSC. The van der Waals surface area contributed by atoms with E-state index >= 15 is 0 Å². The first kappa shape index (κ1) is 10.9. The summed E-state index contributed by atoms with van der Waals surface area (Å²) in [5, 5.41) is 0. The summed E-state index contributed by atoms with van der Waals surface area (Å²) in [5.41, 5.74) is 1.27. The predicted octanol–water partition coefficient (Wildman–Crippen LogP) is 2.60. The summed E-state index contributed by atoms with van der Waals surface area (Å²) < 4.78 is 0. The van der Waals surface area contributed by atoms with E-state index in [0.717, 1.165) is 13.0 Å². The maximum atomic E-state index is 4.01. The second kappa shape index (κ2) is 6.59. The number of hydrogen-bond donors (Lipinski definition) is 0. The van der Waals surface area contributed by atoms with E-state index in [-0.39, 0.29) is 0 Å². The van der Waals surface area contributed by atoms with Crippen molar-refractivity contribution in [3.8, 4) is 0 Å². The van der Waals surface area contributed by atoms with E-state index in [2.05, 4.69) is 31.7 Å². The molecule has 0 amide bonds. The topological polar surface area (TPSA) is 3.24 Å². The van der Waals surface area contributed by atoms with E-state index in [1.807, 2.05) is 11.8 Å². The molecule has 0 aliphatic heterocycles. The summed E-state index contributed by atoms with van der Waals surface area (Å²) in [5.74, 6) is 1.19. The molecule has 0 saturated heterocycles. The maximum Gasteiger partial charge on any atom is 0.0262 e. The van der Waals surface area contributed by atoms with E-state index in [9.17, 15) is 0 Å². The molecule has 0 atom stereocenters. The highest BCUT2D eigenvalue weighted by Crippen LogP contribution is 2.06. The number of thioether (sulfide) groups is 1. The van der Waals surface area contributed by atoms with Crippen LogP contribution in [-0.4, -0.2) is 30.5 Å². The van der Waals surface area contributed by atoms with Gasteiger partial charge in [0.15, 0.2) is 0 Å². The van der Waals surface area contributed by atoms with Gasteiger partial charge in [-0.25, -0.2) is 0 Å². The molecule has 11 heavy (non-hydrogen) atoms. The Morgan fingerprint density at radius 2 is 2.18 bits per heavy atom. The minimum atomic E-state index is 1.12. The zero-order valence-corrected chi connectivity index (χ0v) is 8.71. The van der Waals surface area contributed by atoms with Crippen molar-refractivity contribution in [3.63, 3.8) is 0 Å². The highest BCUT2D eigenvalue weighted by atomic mass is 32.2. The zero-order valence-electron chi connectivity index (χ0n) is 7.89. The molecule has 0 saturated carbocycles. The lowest BCUT2D eigenvalue weighted by molar-refractivity contribution is 0.427. The van der Waals surface area contributed by atoms with Crippen molar-refractivity contribution < 1.29 is 0 Å². The van der Waals surface area contributed by atoms with E-state index in [0.29, 0.717) is 0 Å². The zero-order chi connectivity index (χ0) is 8.69. The fourth-order valence-electron chi connectivity index (χ4n) is 0.866. The highest BCUT2D eigenvalue weighted by molar-refractivity contribution is 7.98. The predicted molar refractivity (Wildman–Crippen MR) is 55.1 cm³/mol. The van der Waals surface area contributed by atoms with E-state index < -0.39 is 0 Å². The van der Waals surface area contributed by atoms with Crippen LogP contribution in [0.15, 0.2) is 12.3 Å². The molecule has 0 N–H and O–H groups in total. The maximum absolute atomic E-state index is 4.01. The van der Waals surface area contributed by atoms with Gasteiger partial charge in [0, 0.05) is 25.0 Å². The standard InChI is InChI=1S/C9H19NS/c1-5-6-9(2)10(3)7-8-11-4/h2,5-8H2,1,3-4H3. The molecule has 0 aliphatic rings. The Kier molecular flexibility index (Phi) is 6.52. The lowest BCUT2D eigenvalue weighted by atomic mass is 10.2. The van der Waals surface area contributed by atoms with Crippen LogP contribution in [0, 0.1) is 0 Å². The third-order valence-corrected chi connectivity index (χ3v) is 2.30. The number of rotatable bonds is 6. The third-order valence-electron chi connectivity index (χ3n) is 1.71. The molecule has 0 aromatic carbocycles. The molecule has 0 heterocycles. The summed E-state index contributed by atoms with van der Waals surface area (Å²) in [4.78, 5) is 2.25. The van der Waals surface area contributed by atoms with Gasteiger partial charge in [0.25, 0.3) is 0 Å². The van der Waals surface area contributed by atoms with Gasteiger partial charge in [-0.1, -0.05) is 19.9 Å². The summed E-state index contributed by atoms with van der Waals surface area (Å²) in [6, 6.07) is 0. The van der Waals surface area contributed by atoms with Gasteiger partial charge in [0.05, 0.1) is 0 Å². The molecule has 66 valence electrons. The molecule has 0 spiro atoms. The molecular weight excluding hydrogens is 154 g/mol. The van der Waals surface area contributed by atoms with Gasteiger partial charge in [0.1, 0.15) is 0 Å². The van der Waals surface area contributed by atoms with Crippen LogP contribution in [0.4, 0.5) is 0 Å². The monoisotopic (exact) mass is 173 g/mol. The van der Waals surface area contributed by atoms with Crippen LogP contribution in [-0.2, 0) is 0 Å². The molecule has 0 aromatic rings. The van der Waals surface area contributed by atoms with Crippen LogP contribution >= 0.6 is 11.8 Å². The van der Waals surface area contributed by atoms with Crippen molar-refractivity contribution in [2.24, 2.45) is 0 Å². The van der Waals surface area contributed by atoms with E-state index in [1.54, 1.807) is 0 Å². The second-order valence-corrected chi connectivity index (χ2v) is 3.72. The van der Waals surface area contributed by atoms with Crippen molar-refractivity contribution in [1.82, 2.24) is 4.90 Å². The van der Waals surface area contributed by atoms with Gasteiger partial charge in [-0.15, -0.1) is 0 Å².